The third kappa shape index (κ3) is 2.13. The Bertz CT molecular complexity index is 527. The Kier molecular flexibility index (Phi) is 2.30. The fraction of sp³-hybridized carbons (Fsp3) is 0.111. The summed E-state index contributed by atoms with van der Waals surface area (Å²) in [4.78, 5) is 7.53. The lowest BCUT2D eigenvalue weighted by Gasteiger charge is -2.09. The molecule has 1 aromatic heterocycles. The lowest BCUT2D eigenvalue weighted by atomic mass is 10.2. The number of anilines is 1. The lowest BCUT2D eigenvalue weighted by molar-refractivity contribution is -0.274. The predicted molar refractivity (Wildman–Crippen MR) is 50.6 cm³/mol. The Hall–Kier alpha value is -2.05. The standard InChI is InChI=1S/C9H6F3N3O/c10-9(11,12)16-5-1-2-7-6(3-5)8(13)15-4-14-7/h1-4H,(H2,13,14,15). The molecule has 16 heavy (non-hydrogen) atoms. The summed E-state index contributed by atoms with van der Waals surface area (Å²) in [6, 6.07) is 3.70. The molecule has 84 valence electrons. The maximum absolute atomic E-state index is 12.0. The molecule has 7 heteroatoms. The van der Waals surface area contributed by atoms with Crippen LogP contribution in [0.1, 0.15) is 0 Å². The summed E-state index contributed by atoms with van der Waals surface area (Å²) in [6.45, 7) is 0. The van der Waals surface area contributed by atoms with Gasteiger partial charge >= 0.3 is 6.36 Å². The molecule has 0 saturated heterocycles. The lowest BCUT2D eigenvalue weighted by Crippen LogP contribution is -2.17. The number of alkyl halides is 3. The van der Waals surface area contributed by atoms with Crippen molar-refractivity contribution >= 4 is 16.7 Å². The van der Waals surface area contributed by atoms with Gasteiger partial charge < -0.3 is 10.5 Å². The van der Waals surface area contributed by atoms with Gasteiger partial charge in [-0.3, -0.25) is 0 Å². The van der Waals surface area contributed by atoms with Crippen molar-refractivity contribution in [2.45, 2.75) is 6.36 Å². The van der Waals surface area contributed by atoms with Crippen LogP contribution in [0.4, 0.5) is 19.0 Å². The third-order valence-corrected chi connectivity index (χ3v) is 1.87. The molecule has 1 aromatic carbocycles. The Morgan fingerprint density at radius 2 is 1.94 bits per heavy atom. The molecule has 0 amide bonds. The van der Waals surface area contributed by atoms with Gasteiger partial charge in [0.2, 0.25) is 0 Å². The van der Waals surface area contributed by atoms with E-state index < -0.39 is 6.36 Å². The normalized spacial score (nSPS) is 11.7. The second kappa shape index (κ2) is 3.51. The van der Waals surface area contributed by atoms with Crippen molar-refractivity contribution in [2.24, 2.45) is 0 Å². The summed E-state index contributed by atoms with van der Waals surface area (Å²) in [5, 5.41) is 0.323. The first-order valence-electron chi connectivity index (χ1n) is 4.22. The van der Waals surface area contributed by atoms with Gasteiger partial charge in [-0.15, -0.1) is 13.2 Å². The van der Waals surface area contributed by atoms with Crippen molar-refractivity contribution in [1.29, 1.82) is 0 Å². The molecule has 4 nitrogen and oxygen atoms in total. The second-order valence-electron chi connectivity index (χ2n) is 2.99. The average Bonchev–Trinajstić information content (AvgIpc) is 2.17. The zero-order valence-corrected chi connectivity index (χ0v) is 7.82. The summed E-state index contributed by atoms with van der Waals surface area (Å²) in [5.41, 5.74) is 5.96. The first kappa shape index (κ1) is 10.5. The van der Waals surface area contributed by atoms with E-state index in [1.54, 1.807) is 0 Å². The number of aromatic nitrogens is 2. The van der Waals surface area contributed by atoms with E-state index in [-0.39, 0.29) is 11.6 Å². The van der Waals surface area contributed by atoms with Crippen molar-refractivity contribution in [1.82, 2.24) is 9.97 Å². The van der Waals surface area contributed by atoms with Gasteiger partial charge in [0.25, 0.3) is 0 Å². The van der Waals surface area contributed by atoms with Crippen molar-refractivity contribution in [2.75, 3.05) is 5.73 Å². The molecular weight excluding hydrogens is 223 g/mol. The van der Waals surface area contributed by atoms with Crippen LogP contribution < -0.4 is 10.5 Å². The molecule has 0 spiro atoms. The van der Waals surface area contributed by atoms with Gasteiger partial charge in [0.05, 0.1) is 5.52 Å². The van der Waals surface area contributed by atoms with Crippen LogP contribution >= 0.6 is 0 Å². The largest absolute Gasteiger partial charge is 0.573 e. The number of fused-ring (bicyclic) bond motifs is 1. The molecule has 2 N–H and O–H groups in total. The average molecular weight is 229 g/mol. The van der Waals surface area contributed by atoms with Gasteiger partial charge in [-0.2, -0.15) is 0 Å². The summed E-state index contributed by atoms with van der Waals surface area (Å²) >= 11 is 0. The van der Waals surface area contributed by atoms with Gasteiger partial charge in [0.1, 0.15) is 17.9 Å². The van der Waals surface area contributed by atoms with E-state index in [9.17, 15) is 13.2 Å². The first-order chi connectivity index (χ1) is 7.46. The van der Waals surface area contributed by atoms with Crippen LogP contribution in [-0.2, 0) is 0 Å². The molecule has 1 heterocycles. The SMILES string of the molecule is Nc1ncnc2ccc(OC(F)(F)F)cc12. The molecule has 0 bridgehead atoms. The Morgan fingerprint density at radius 1 is 1.19 bits per heavy atom. The van der Waals surface area contributed by atoms with Crippen molar-refractivity contribution < 1.29 is 17.9 Å². The molecule has 0 fully saturated rings. The number of nitrogen functional groups attached to an aromatic ring is 1. The number of nitrogens with zero attached hydrogens (tertiary/aromatic N) is 2. The Morgan fingerprint density at radius 3 is 2.62 bits per heavy atom. The highest BCUT2D eigenvalue weighted by atomic mass is 19.4. The fourth-order valence-electron chi connectivity index (χ4n) is 1.25. The summed E-state index contributed by atoms with van der Waals surface area (Å²) in [7, 11) is 0. The quantitative estimate of drug-likeness (QED) is 0.813. The zero-order chi connectivity index (χ0) is 11.8. The van der Waals surface area contributed by atoms with Gasteiger partial charge in [0, 0.05) is 5.39 Å². The van der Waals surface area contributed by atoms with Crippen molar-refractivity contribution in [3.63, 3.8) is 0 Å². The molecule has 0 aliphatic rings. The number of rotatable bonds is 1. The molecular formula is C9H6F3N3O. The summed E-state index contributed by atoms with van der Waals surface area (Å²) in [6.07, 6.45) is -3.49. The highest BCUT2D eigenvalue weighted by Crippen LogP contribution is 2.27. The number of hydrogen-bond donors (Lipinski definition) is 1. The van der Waals surface area contributed by atoms with Crippen molar-refractivity contribution in [3.05, 3.63) is 24.5 Å². The van der Waals surface area contributed by atoms with Gasteiger partial charge in [0.15, 0.2) is 0 Å². The fourth-order valence-corrected chi connectivity index (χ4v) is 1.25. The second-order valence-corrected chi connectivity index (χ2v) is 2.99. The highest BCUT2D eigenvalue weighted by molar-refractivity contribution is 5.88. The molecule has 0 atom stereocenters. The van der Waals surface area contributed by atoms with Crippen LogP contribution in [0.3, 0.4) is 0 Å². The molecule has 0 unspecified atom stereocenters. The van der Waals surface area contributed by atoms with E-state index in [2.05, 4.69) is 14.7 Å². The molecule has 0 aliphatic heterocycles. The molecule has 2 aromatic rings. The predicted octanol–water partition coefficient (Wildman–Crippen LogP) is 2.11. The van der Waals surface area contributed by atoms with E-state index >= 15 is 0 Å². The van der Waals surface area contributed by atoms with E-state index in [1.807, 2.05) is 0 Å². The number of benzene rings is 1. The van der Waals surface area contributed by atoms with E-state index in [0.29, 0.717) is 10.9 Å². The van der Waals surface area contributed by atoms with Crippen molar-refractivity contribution in [3.8, 4) is 5.75 Å². The number of ether oxygens (including phenoxy) is 1. The van der Waals surface area contributed by atoms with Crippen LogP contribution in [0.2, 0.25) is 0 Å². The number of halogens is 3. The first-order valence-corrected chi connectivity index (χ1v) is 4.22. The monoisotopic (exact) mass is 229 g/mol. The third-order valence-electron chi connectivity index (χ3n) is 1.87. The van der Waals surface area contributed by atoms with Crippen LogP contribution in [0.5, 0.6) is 5.75 Å². The molecule has 0 radical (unpaired) electrons. The van der Waals surface area contributed by atoms with Gasteiger partial charge in [-0.25, -0.2) is 9.97 Å². The summed E-state index contributed by atoms with van der Waals surface area (Å²) < 4.78 is 39.6. The molecule has 2 rings (SSSR count). The van der Waals surface area contributed by atoms with E-state index in [1.165, 1.54) is 18.5 Å². The van der Waals surface area contributed by atoms with E-state index in [4.69, 9.17) is 5.73 Å². The maximum Gasteiger partial charge on any atom is 0.573 e. The molecule has 0 aliphatic carbocycles. The molecule has 0 saturated carbocycles. The summed E-state index contributed by atoms with van der Waals surface area (Å²) in [5.74, 6) is -0.237. The number of hydrogen-bond acceptors (Lipinski definition) is 4. The minimum absolute atomic E-state index is 0.109. The highest BCUT2D eigenvalue weighted by Gasteiger charge is 2.31. The minimum Gasteiger partial charge on any atom is -0.406 e. The minimum atomic E-state index is -4.72. The maximum atomic E-state index is 12.0. The topological polar surface area (TPSA) is 61.0 Å². The van der Waals surface area contributed by atoms with Crippen LogP contribution in [0.25, 0.3) is 10.9 Å². The Labute approximate surface area is 87.9 Å². The van der Waals surface area contributed by atoms with Crippen LogP contribution in [0.15, 0.2) is 24.5 Å². The van der Waals surface area contributed by atoms with Crippen LogP contribution in [-0.4, -0.2) is 16.3 Å². The smallest absolute Gasteiger partial charge is 0.406 e. The zero-order valence-electron chi connectivity index (χ0n) is 7.82. The Balaban J connectivity index is 2.47. The van der Waals surface area contributed by atoms with Crippen LogP contribution in [0, 0.1) is 0 Å². The number of nitrogens with two attached hydrogens (primary N) is 1. The van der Waals surface area contributed by atoms with Gasteiger partial charge in [-0.05, 0) is 18.2 Å². The van der Waals surface area contributed by atoms with E-state index in [0.717, 1.165) is 6.07 Å². The van der Waals surface area contributed by atoms with Gasteiger partial charge in [-0.1, -0.05) is 0 Å².